The lowest BCUT2D eigenvalue weighted by Crippen LogP contribution is -2.21. The number of rotatable bonds is 1. The lowest BCUT2D eigenvalue weighted by molar-refractivity contribution is 0.0647. The van der Waals surface area contributed by atoms with Crippen molar-refractivity contribution in [1.29, 1.82) is 0 Å². The van der Waals surface area contributed by atoms with Gasteiger partial charge in [0, 0.05) is 7.05 Å². The van der Waals surface area contributed by atoms with Gasteiger partial charge in [-0.05, 0) is 20.8 Å². The number of aryl methyl sites for hydroxylation is 2. The molecule has 1 N–H and O–H groups in total. The summed E-state index contributed by atoms with van der Waals surface area (Å²) in [6.07, 6.45) is 0. The largest absolute Gasteiger partial charge is 0.382 e. The van der Waals surface area contributed by atoms with E-state index in [1.54, 1.807) is 32.5 Å². The molecule has 0 atom stereocenters. The van der Waals surface area contributed by atoms with Gasteiger partial charge in [-0.25, -0.2) is 4.98 Å². The van der Waals surface area contributed by atoms with E-state index in [0.29, 0.717) is 11.6 Å². The molecular weight excluding hydrogens is 142 g/mol. The molecule has 0 aliphatic rings. The van der Waals surface area contributed by atoms with Gasteiger partial charge in [0.15, 0.2) is 5.82 Å². The summed E-state index contributed by atoms with van der Waals surface area (Å²) in [7, 11) is 1.77. The molecule has 11 heavy (non-hydrogen) atoms. The topological polar surface area (TPSA) is 50.9 Å². The zero-order valence-electron chi connectivity index (χ0n) is 7.29. The van der Waals surface area contributed by atoms with Crippen LogP contribution in [0.1, 0.15) is 25.5 Å². The molecule has 0 radical (unpaired) electrons. The van der Waals surface area contributed by atoms with Crippen LogP contribution in [0.25, 0.3) is 0 Å². The molecular formula is C7H13N3O. The van der Waals surface area contributed by atoms with E-state index in [2.05, 4.69) is 10.1 Å². The van der Waals surface area contributed by atoms with E-state index < -0.39 is 5.60 Å². The molecule has 0 saturated carbocycles. The Kier molecular flexibility index (Phi) is 1.72. The predicted octanol–water partition coefficient (Wildman–Crippen LogP) is 0.351. The highest BCUT2D eigenvalue weighted by Gasteiger charge is 2.22. The fourth-order valence-corrected chi connectivity index (χ4v) is 1.05. The molecule has 0 unspecified atom stereocenters. The zero-order valence-corrected chi connectivity index (χ0v) is 7.29. The van der Waals surface area contributed by atoms with Crippen LogP contribution in [0, 0.1) is 6.92 Å². The van der Waals surface area contributed by atoms with Crippen LogP contribution >= 0.6 is 0 Å². The maximum Gasteiger partial charge on any atom is 0.158 e. The fraction of sp³-hybridized carbons (Fsp3) is 0.714. The van der Waals surface area contributed by atoms with Crippen molar-refractivity contribution in [3.63, 3.8) is 0 Å². The van der Waals surface area contributed by atoms with Crippen molar-refractivity contribution >= 4 is 0 Å². The summed E-state index contributed by atoms with van der Waals surface area (Å²) in [5.41, 5.74) is -0.907. The summed E-state index contributed by atoms with van der Waals surface area (Å²) < 4.78 is 1.59. The van der Waals surface area contributed by atoms with Gasteiger partial charge in [0.25, 0.3) is 0 Å². The number of aliphatic hydroxyl groups is 1. The summed E-state index contributed by atoms with van der Waals surface area (Å²) in [6.45, 7) is 5.18. The van der Waals surface area contributed by atoms with Crippen LogP contribution < -0.4 is 0 Å². The Morgan fingerprint density at radius 2 is 2.00 bits per heavy atom. The van der Waals surface area contributed by atoms with Crippen molar-refractivity contribution in [2.24, 2.45) is 7.05 Å². The average Bonchev–Trinajstić information content (AvgIpc) is 2.08. The Bertz CT molecular complexity index is 259. The van der Waals surface area contributed by atoms with Crippen molar-refractivity contribution in [2.45, 2.75) is 26.4 Å². The van der Waals surface area contributed by atoms with E-state index in [1.807, 2.05) is 0 Å². The Hall–Kier alpha value is -0.900. The Morgan fingerprint density at radius 3 is 2.18 bits per heavy atom. The van der Waals surface area contributed by atoms with Crippen molar-refractivity contribution in [1.82, 2.24) is 14.8 Å². The number of hydrogen-bond donors (Lipinski definition) is 1. The van der Waals surface area contributed by atoms with Crippen LogP contribution in [0.2, 0.25) is 0 Å². The highest BCUT2D eigenvalue weighted by Crippen LogP contribution is 2.15. The van der Waals surface area contributed by atoms with Gasteiger partial charge in [-0.15, -0.1) is 0 Å². The molecule has 0 amide bonds. The van der Waals surface area contributed by atoms with Gasteiger partial charge in [0.05, 0.1) is 0 Å². The maximum atomic E-state index is 9.56. The van der Waals surface area contributed by atoms with Gasteiger partial charge >= 0.3 is 0 Å². The van der Waals surface area contributed by atoms with Crippen LogP contribution in [0.4, 0.5) is 0 Å². The highest BCUT2D eigenvalue weighted by atomic mass is 16.3. The van der Waals surface area contributed by atoms with Crippen molar-refractivity contribution < 1.29 is 5.11 Å². The minimum absolute atomic E-state index is 0.593. The molecule has 4 heteroatoms. The van der Waals surface area contributed by atoms with Crippen molar-refractivity contribution in [3.8, 4) is 0 Å². The molecule has 0 fully saturated rings. The molecule has 4 nitrogen and oxygen atoms in total. The quantitative estimate of drug-likeness (QED) is 0.636. The maximum absolute atomic E-state index is 9.56. The molecule has 1 heterocycles. The normalized spacial score (nSPS) is 12.1. The molecule has 1 rings (SSSR count). The Morgan fingerprint density at radius 1 is 1.45 bits per heavy atom. The third-order valence-electron chi connectivity index (χ3n) is 1.42. The minimum Gasteiger partial charge on any atom is -0.382 e. The third-order valence-corrected chi connectivity index (χ3v) is 1.42. The average molecular weight is 155 g/mol. The van der Waals surface area contributed by atoms with Gasteiger partial charge in [-0.1, -0.05) is 0 Å². The molecule has 62 valence electrons. The first-order valence-corrected chi connectivity index (χ1v) is 3.52. The Balaban J connectivity index is 3.13. The summed E-state index contributed by atoms with van der Waals surface area (Å²) in [5, 5.41) is 13.6. The van der Waals surface area contributed by atoms with Crippen LogP contribution in [0.5, 0.6) is 0 Å². The smallest absolute Gasteiger partial charge is 0.158 e. The summed E-state index contributed by atoms with van der Waals surface area (Å²) in [6, 6.07) is 0. The standard InChI is InChI=1S/C7H13N3O/c1-5-8-6(7(2,3)11)10(4)9-5/h11H,1-4H3. The first kappa shape index (κ1) is 8.20. The number of hydrogen-bond acceptors (Lipinski definition) is 3. The third kappa shape index (κ3) is 1.57. The monoisotopic (exact) mass is 155 g/mol. The van der Waals surface area contributed by atoms with Gasteiger partial charge < -0.3 is 5.11 Å². The molecule has 0 aromatic carbocycles. The summed E-state index contributed by atoms with van der Waals surface area (Å²) >= 11 is 0. The van der Waals surface area contributed by atoms with E-state index in [9.17, 15) is 5.11 Å². The minimum atomic E-state index is -0.907. The molecule has 0 bridgehead atoms. The molecule has 0 aliphatic carbocycles. The molecule has 0 aliphatic heterocycles. The van der Waals surface area contributed by atoms with E-state index in [1.165, 1.54) is 0 Å². The Labute approximate surface area is 65.9 Å². The molecule has 0 spiro atoms. The van der Waals surface area contributed by atoms with Gasteiger partial charge in [-0.3, -0.25) is 4.68 Å². The van der Waals surface area contributed by atoms with E-state index >= 15 is 0 Å². The van der Waals surface area contributed by atoms with Crippen LogP contribution in [0.15, 0.2) is 0 Å². The second-order valence-electron chi connectivity index (χ2n) is 3.17. The number of nitrogens with zero attached hydrogens (tertiary/aromatic N) is 3. The fourth-order valence-electron chi connectivity index (χ4n) is 1.05. The zero-order chi connectivity index (χ0) is 8.65. The molecule has 1 aromatic heterocycles. The van der Waals surface area contributed by atoms with E-state index in [-0.39, 0.29) is 0 Å². The molecule has 1 aromatic rings. The summed E-state index contributed by atoms with van der Waals surface area (Å²) in [4.78, 5) is 4.08. The molecule has 0 saturated heterocycles. The lowest BCUT2D eigenvalue weighted by atomic mass is 10.1. The van der Waals surface area contributed by atoms with Gasteiger partial charge in [0.2, 0.25) is 0 Å². The van der Waals surface area contributed by atoms with Crippen molar-refractivity contribution in [2.75, 3.05) is 0 Å². The first-order chi connectivity index (χ1) is 4.91. The van der Waals surface area contributed by atoms with Crippen LogP contribution in [-0.4, -0.2) is 19.9 Å². The van der Waals surface area contributed by atoms with Gasteiger partial charge in [-0.2, -0.15) is 5.10 Å². The van der Waals surface area contributed by atoms with E-state index in [4.69, 9.17) is 0 Å². The number of aromatic nitrogens is 3. The second kappa shape index (κ2) is 2.30. The van der Waals surface area contributed by atoms with E-state index in [0.717, 1.165) is 0 Å². The van der Waals surface area contributed by atoms with Gasteiger partial charge in [0.1, 0.15) is 11.4 Å². The van der Waals surface area contributed by atoms with Crippen molar-refractivity contribution in [3.05, 3.63) is 11.6 Å². The predicted molar refractivity (Wildman–Crippen MR) is 41.0 cm³/mol. The highest BCUT2D eigenvalue weighted by molar-refractivity contribution is 4.99. The van der Waals surface area contributed by atoms with Crippen LogP contribution in [0.3, 0.4) is 0 Å². The summed E-state index contributed by atoms with van der Waals surface area (Å²) in [5.74, 6) is 1.28. The second-order valence-corrected chi connectivity index (χ2v) is 3.17. The van der Waals surface area contributed by atoms with Crippen LogP contribution in [-0.2, 0) is 12.6 Å². The first-order valence-electron chi connectivity index (χ1n) is 3.52. The SMILES string of the molecule is Cc1nc(C(C)(C)O)n(C)n1. The lowest BCUT2D eigenvalue weighted by Gasteiger charge is -2.14.